The molecule has 0 bridgehead atoms. The van der Waals surface area contributed by atoms with Crippen LogP contribution in [0.2, 0.25) is 0 Å². The van der Waals surface area contributed by atoms with Crippen molar-refractivity contribution < 1.29 is 13.6 Å². The van der Waals surface area contributed by atoms with E-state index in [4.69, 9.17) is 0 Å². The normalized spacial score (nSPS) is 17.0. The highest BCUT2D eigenvalue weighted by molar-refractivity contribution is 6.02. The van der Waals surface area contributed by atoms with Crippen LogP contribution in [0.25, 0.3) is 0 Å². The molecule has 1 aliphatic rings. The molecule has 0 fully saturated rings. The van der Waals surface area contributed by atoms with E-state index < -0.39 is 0 Å². The molecule has 1 atom stereocenters. The van der Waals surface area contributed by atoms with Crippen LogP contribution in [0.3, 0.4) is 0 Å². The summed E-state index contributed by atoms with van der Waals surface area (Å²) in [5.41, 5.74) is 2.07. The van der Waals surface area contributed by atoms with E-state index in [9.17, 15) is 13.6 Å². The minimum absolute atomic E-state index is 0.0124. The fourth-order valence-electron chi connectivity index (χ4n) is 2.75. The van der Waals surface area contributed by atoms with Crippen LogP contribution in [0.5, 0.6) is 0 Å². The van der Waals surface area contributed by atoms with Crippen molar-refractivity contribution in [3.63, 3.8) is 0 Å². The number of urea groups is 1. The summed E-state index contributed by atoms with van der Waals surface area (Å²) in [6.07, 6.45) is 1.52. The lowest BCUT2D eigenvalue weighted by atomic mass is 9.97. The number of carbonyl (C=O) groups excluding carboxylic acids is 1. The molecule has 3 nitrogen and oxygen atoms in total. The van der Waals surface area contributed by atoms with Crippen molar-refractivity contribution >= 4 is 17.4 Å². The summed E-state index contributed by atoms with van der Waals surface area (Å²) in [7, 11) is 0. The Balaban J connectivity index is 1.87. The Morgan fingerprint density at radius 3 is 2.55 bits per heavy atom. The van der Waals surface area contributed by atoms with Gasteiger partial charge in [0.2, 0.25) is 0 Å². The zero-order chi connectivity index (χ0) is 15.7. The maximum Gasteiger partial charge on any atom is 0.326 e. The topological polar surface area (TPSA) is 32.3 Å². The van der Waals surface area contributed by atoms with Crippen molar-refractivity contribution in [2.24, 2.45) is 0 Å². The molecule has 0 radical (unpaired) electrons. The molecule has 0 spiro atoms. The van der Waals surface area contributed by atoms with Crippen molar-refractivity contribution in [3.8, 4) is 0 Å². The summed E-state index contributed by atoms with van der Waals surface area (Å²) in [6.45, 7) is 1.95. The van der Waals surface area contributed by atoms with E-state index in [2.05, 4.69) is 5.32 Å². The van der Waals surface area contributed by atoms with Gasteiger partial charge < -0.3 is 5.32 Å². The van der Waals surface area contributed by atoms with Gasteiger partial charge in [-0.3, -0.25) is 4.90 Å². The summed E-state index contributed by atoms with van der Waals surface area (Å²) >= 11 is 0. The molecular formula is C17H16F2N2O. The second-order valence-corrected chi connectivity index (χ2v) is 5.47. The lowest BCUT2D eigenvalue weighted by Crippen LogP contribution is -2.44. The van der Waals surface area contributed by atoms with Crippen LogP contribution < -0.4 is 10.2 Å². The van der Waals surface area contributed by atoms with E-state index in [1.165, 1.54) is 36.4 Å². The molecule has 0 saturated heterocycles. The van der Waals surface area contributed by atoms with Crippen LogP contribution in [0.4, 0.5) is 25.0 Å². The minimum atomic E-state index is -0.356. The number of hydrogen-bond acceptors (Lipinski definition) is 1. The molecule has 2 aromatic carbocycles. The fourth-order valence-corrected chi connectivity index (χ4v) is 2.75. The Kier molecular flexibility index (Phi) is 3.79. The van der Waals surface area contributed by atoms with E-state index in [1.54, 1.807) is 11.0 Å². The van der Waals surface area contributed by atoms with Crippen LogP contribution in [0.1, 0.15) is 18.9 Å². The number of fused-ring (bicyclic) bond motifs is 1. The van der Waals surface area contributed by atoms with Crippen LogP contribution in [-0.4, -0.2) is 12.1 Å². The first-order valence-corrected chi connectivity index (χ1v) is 7.19. The van der Waals surface area contributed by atoms with Crippen molar-refractivity contribution in [2.45, 2.75) is 25.8 Å². The predicted molar refractivity (Wildman–Crippen MR) is 82.1 cm³/mol. The largest absolute Gasteiger partial charge is 0.326 e. The van der Waals surface area contributed by atoms with Gasteiger partial charge in [-0.05, 0) is 67.8 Å². The summed E-state index contributed by atoms with van der Waals surface area (Å²) < 4.78 is 26.3. The molecule has 114 valence electrons. The smallest absolute Gasteiger partial charge is 0.308 e. The second kappa shape index (κ2) is 5.75. The molecule has 0 aromatic heterocycles. The third-order valence-corrected chi connectivity index (χ3v) is 3.89. The van der Waals surface area contributed by atoms with Gasteiger partial charge in [0, 0.05) is 17.4 Å². The van der Waals surface area contributed by atoms with Gasteiger partial charge in [-0.15, -0.1) is 0 Å². The number of aryl methyl sites for hydroxylation is 1. The molecule has 2 amide bonds. The number of rotatable bonds is 1. The zero-order valence-electron chi connectivity index (χ0n) is 12.1. The SMILES string of the molecule is CC1CCc2cc(F)ccc2N1C(=O)Nc1ccc(F)cc1. The highest BCUT2D eigenvalue weighted by Crippen LogP contribution is 2.31. The summed E-state index contributed by atoms with van der Waals surface area (Å²) in [5.74, 6) is -0.655. The molecule has 1 heterocycles. The third kappa shape index (κ3) is 2.79. The molecule has 0 aliphatic carbocycles. The van der Waals surface area contributed by atoms with Crippen LogP contribution >= 0.6 is 0 Å². The molecule has 2 aromatic rings. The van der Waals surface area contributed by atoms with Crippen LogP contribution in [-0.2, 0) is 6.42 Å². The number of benzene rings is 2. The third-order valence-electron chi connectivity index (χ3n) is 3.89. The van der Waals surface area contributed by atoms with Gasteiger partial charge in [-0.2, -0.15) is 0 Å². The fraction of sp³-hybridized carbons (Fsp3) is 0.235. The molecular weight excluding hydrogens is 286 g/mol. The highest BCUT2D eigenvalue weighted by Gasteiger charge is 2.28. The number of anilines is 2. The maximum atomic E-state index is 13.4. The average molecular weight is 302 g/mol. The van der Waals surface area contributed by atoms with Crippen LogP contribution in [0.15, 0.2) is 42.5 Å². The molecule has 5 heteroatoms. The summed E-state index contributed by atoms with van der Waals surface area (Å²) in [4.78, 5) is 14.2. The van der Waals surface area contributed by atoms with Gasteiger partial charge in [0.05, 0.1) is 0 Å². The van der Waals surface area contributed by atoms with Crippen LogP contribution in [0, 0.1) is 11.6 Å². The second-order valence-electron chi connectivity index (χ2n) is 5.47. The number of carbonyl (C=O) groups is 1. The van der Waals surface area contributed by atoms with Gasteiger partial charge in [0.1, 0.15) is 11.6 Å². The predicted octanol–water partition coefficient (Wildman–Crippen LogP) is 4.34. The summed E-state index contributed by atoms with van der Waals surface area (Å²) in [6, 6.07) is 9.77. The molecule has 3 rings (SSSR count). The van der Waals surface area contributed by atoms with Gasteiger partial charge in [0.15, 0.2) is 0 Å². The standard InChI is InChI=1S/C17H16F2N2O/c1-11-2-3-12-10-14(19)6-9-16(12)21(11)17(22)20-15-7-4-13(18)5-8-15/h4-11H,2-3H2,1H3,(H,20,22). The zero-order valence-corrected chi connectivity index (χ0v) is 12.1. The molecule has 22 heavy (non-hydrogen) atoms. The van der Waals surface area contributed by atoms with Crippen molar-refractivity contribution in [3.05, 3.63) is 59.7 Å². The van der Waals surface area contributed by atoms with Gasteiger partial charge in [0.25, 0.3) is 0 Å². The average Bonchev–Trinajstić information content (AvgIpc) is 2.49. The van der Waals surface area contributed by atoms with Crippen molar-refractivity contribution in [2.75, 3.05) is 10.2 Å². The van der Waals surface area contributed by atoms with E-state index in [0.717, 1.165) is 24.1 Å². The first kappa shape index (κ1) is 14.5. The lowest BCUT2D eigenvalue weighted by molar-refractivity contribution is 0.254. The highest BCUT2D eigenvalue weighted by atomic mass is 19.1. The Morgan fingerprint density at radius 2 is 1.82 bits per heavy atom. The Labute approximate surface area is 127 Å². The number of nitrogens with one attached hydrogen (secondary N) is 1. The Morgan fingerprint density at radius 1 is 1.14 bits per heavy atom. The molecule has 1 aliphatic heterocycles. The number of amides is 2. The maximum absolute atomic E-state index is 13.4. The number of nitrogens with zero attached hydrogens (tertiary/aromatic N) is 1. The number of halogens is 2. The van der Waals surface area contributed by atoms with E-state index in [-0.39, 0.29) is 23.7 Å². The van der Waals surface area contributed by atoms with Gasteiger partial charge in [-0.1, -0.05) is 0 Å². The van der Waals surface area contributed by atoms with Gasteiger partial charge in [-0.25, -0.2) is 13.6 Å². The summed E-state index contributed by atoms with van der Waals surface area (Å²) in [5, 5.41) is 2.75. The van der Waals surface area contributed by atoms with Crippen molar-refractivity contribution in [1.29, 1.82) is 0 Å². The van der Waals surface area contributed by atoms with Gasteiger partial charge >= 0.3 is 6.03 Å². The molecule has 1 unspecified atom stereocenters. The lowest BCUT2D eigenvalue weighted by Gasteiger charge is -2.35. The van der Waals surface area contributed by atoms with E-state index >= 15 is 0 Å². The number of hydrogen-bond donors (Lipinski definition) is 1. The first-order valence-electron chi connectivity index (χ1n) is 7.19. The molecule has 0 saturated carbocycles. The monoisotopic (exact) mass is 302 g/mol. The van der Waals surface area contributed by atoms with E-state index in [1.807, 2.05) is 6.92 Å². The molecule has 1 N–H and O–H groups in total. The Hall–Kier alpha value is -2.43. The first-order chi connectivity index (χ1) is 10.5. The Bertz CT molecular complexity index is 700. The van der Waals surface area contributed by atoms with Crippen molar-refractivity contribution in [1.82, 2.24) is 0 Å². The quantitative estimate of drug-likeness (QED) is 0.835. The van der Waals surface area contributed by atoms with E-state index in [0.29, 0.717) is 5.69 Å². The minimum Gasteiger partial charge on any atom is -0.308 e.